The van der Waals surface area contributed by atoms with E-state index in [1.807, 2.05) is 54.6 Å². The van der Waals surface area contributed by atoms with Crippen molar-refractivity contribution in [2.75, 3.05) is 11.9 Å². The number of anilines is 1. The maximum Gasteiger partial charge on any atom is 0.241 e. The van der Waals surface area contributed by atoms with E-state index in [1.54, 1.807) is 32.9 Å². The Morgan fingerprint density at radius 1 is 0.906 bits per heavy atom. The van der Waals surface area contributed by atoms with Crippen LogP contribution in [0.25, 0.3) is 11.1 Å². The van der Waals surface area contributed by atoms with E-state index < -0.39 is 15.6 Å². The molecular formula is C25H28N2O4S. The van der Waals surface area contributed by atoms with Gasteiger partial charge >= 0.3 is 0 Å². The number of para-hydroxylation sites is 1. The van der Waals surface area contributed by atoms with Crippen LogP contribution in [0.1, 0.15) is 27.2 Å². The van der Waals surface area contributed by atoms with E-state index in [0.29, 0.717) is 11.4 Å². The quantitative estimate of drug-likeness (QED) is 0.512. The highest BCUT2D eigenvalue weighted by molar-refractivity contribution is 7.89. The number of carbonyl (C=O) groups is 1. The second-order valence-corrected chi connectivity index (χ2v) is 10.1. The van der Waals surface area contributed by atoms with Gasteiger partial charge in [0.05, 0.1) is 17.9 Å². The predicted octanol–water partition coefficient (Wildman–Crippen LogP) is 4.84. The van der Waals surface area contributed by atoms with E-state index in [1.165, 1.54) is 12.1 Å². The van der Waals surface area contributed by atoms with Gasteiger partial charge in [-0.25, -0.2) is 13.1 Å². The molecule has 0 aliphatic rings. The Labute approximate surface area is 189 Å². The van der Waals surface area contributed by atoms with Gasteiger partial charge in [0.15, 0.2) is 0 Å². The lowest BCUT2D eigenvalue weighted by Gasteiger charge is -2.20. The van der Waals surface area contributed by atoms with Crippen molar-refractivity contribution in [2.24, 2.45) is 0 Å². The Kier molecular flexibility index (Phi) is 7.33. The summed E-state index contributed by atoms with van der Waals surface area (Å²) in [6.45, 7) is 5.50. The SMILES string of the molecule is CC(C)(C)NS(=O)(=O)c1cccc(NC(=O)CCOc2ccccc2-c2ccccc2)c1. The Bertz CT molecular complexity index is 1170. The fraction of sp³-hybridized carbons (Fsp3) is 0.240. The van der Waals surface area contributed by atoms with Gasteiger partial charge in [-0.05, 0) is 50.6 Å². The van der Waals surface area contributed by atoms with Crippen molar-refractivity contribution >= 4 is 21.6 Å². The van der Waals surface area contributed by atoms with Crippen LogP contribution >= 0.6 is 0 Å². The summed E-state index contributed by atoms with van der Waals surface area (Å²) in [5.41, 5.74) is 1.80. The largest absolute Gasteiger partial charge is 0.492 e. The van der Waals surface area contributed by atoms with Gasteiger partial charge < -0.3 is 10.1 Å². The molecule has 2 N–H and O–H groups in total. The number of rotatable bonds is 8. The molecule has 0 aliphatic carbocycles. The molecule has 3 aromatic rings. The van der Waals surface area contributed by atoms with Gasteiger partial charge in [0.2, 0.25) is 15.9 Å². The fourth-order valence-corrected chi connectivity index (χ4v) is 4.59. The van der Waals surface area contributed by atoms with Crippen LogP contribution < -0.4 is 14.8 Å². The highest BCUT2D eigenvalue weighted by Gasteiger charge is 2.22. The zero-order valence-corrected chi connectivity index (χ0v) is 19.3. The maximum absolute atomic E-state index is 12.5. The monoisotopic (exact) mass is 452 g/mol. The molecule has 0 saturated heterocycles. The van der Waals surface area contributed by atoms with Gasteiger partial charge in [-0.2, -0.15) is 0 Å². The fourth-order valence-electron chi connectivity index (χ4n) is 3.13. The number of hydrogen-bond acceptors (Lipinski definition) is 4. The molecule has 7 heteroatoms. The lowest BCUT2D eigenvalue weighted by atomic mass is 10.1. The van der Waals surface area contributed by atoms with Crippen LogP contribution in [0.2, 0.25) is 0 Å². The summed E-state index contributed by atoms with van der Waals surface area (Å²) in [7, 11) is -3.69. The summed E-state index contributed by atoms with van der Waals surface area (Å²) in [5, 5.41) is 2.74. The zero-order chi connectivity index (χ0) is 23.2. The zero-order valence-electron chi connectivity index (χ0n) is 18.5. The van der Waals surface area contributed by atoms with Crippen LogP contribution in [0.15, 0.2) is 83.8 Å². The molecule has 6 nitrogen and oxygen atoms in total. The van der Waals surface area contributed by atoms with Crippen LogP contribution in [0.5, 0.6) is 5.75 Å². The van der Waals surface area contributed by atoms with Crippen molar-refractivity contribution in [3.63, 3.8) is 0 Å². The van der Waals surface area contributed by atoms with Crippen molar-refractivity contribution in [2.45, 2.75) is 37.6 Å². The average molecular weight is 453 g/mol. The molecular weight excluding hydrogens is 424 g/mol. The molecule has 0 aliphatic heterocycles. The summed E-state index contributed by atoms with van der Waals surface area (Å²) >= 11 is 0. The van der Waals surface area contributed by atoms with Gasteiger partial charge in [0.25, 0.3) is 0 Å². The van der Waals surface area contributed by atoms with Gasteiger partial charge in [-0.15, -0.1) is 0 Å². The van der Waals surface area contributed by atoms with Crippen molar-refractivity contribution in [3.05, 3.63) is 78.9 Å². The summed E-state index contributed by atoms with van der Waals surface area (Å²) in [5.74, 6) is 0.438. The van der Waals surface area contributed by atoms with E-state index in [9.17, 15) is 13.2 Å². The molecule has 1 amide bonds. The van der Waals surface area contributed by atoms with E-state index in [0.717, 1.165) is 11.1 Å². The number of amides is 1. The first-order valence-corrected chi connectivity index (χ1v) is 11.8. The topological polar surface area (TPSA) is 84.5 Å². The Balaban J connectivity index is 1.60. The van der Waals surface area contributed by atoms with Crippen LogP contribution in [0.4, 0.5) is 5.69 Å². The molecule has 0 radical (unpaired) electrons. The highest BCUT2D eigenvalue weighted by atomic mass is 32.2. The van der Waals surface area contributed by atoms with Crippen molar-refractivity contribution in [3.8, 4) is 16.9 Å². The number of nitrogens with one attached hydrogen (secondary N) is 2. The molecule has 0 spiro atoms. The molecule has 0 atom stereocenters. The average Bonchev–Trinajstić information content (AvgIpc) is 2.73. The molecule has 0 aromatic heterocycles. The Hall–Kier alpha value is -3.16. The van der Waals surface area contributed by atoms with Crippen molar-refractivity contribution < 1.29 is 17.9 Å². The molecule has 32 heavy (non-hydrogen) atoms. The van der Waals surface area contributed by atoms with Gasteiger partial charge in [-0.3, -0.25) is 4.79 Å². The summed E-state index contributed by atoms with van der Waals surface area (Å²) < 4.78 is 33.5. The number of benzene rings is 3. The van der Waals surface area contributed by atoms with E-state index >= 15 is 0 Å². The first-order valence-electron chi connectivity index (χ1n) is 10.4. The van der Waals surface area contributed by atoms with Crippen molar-refractivity contribution in [1.29, 1.82) is 0 Å². The molecule has 0 heterocycles. The van der Waals surface area contributed by atoms with E-state index in [4.69, 9.17) is 4.74 Å². The smallest absolute Gasteiger partial charge is 0.241 e. The van der Waals surface area contributed by atoms with E-state index in [2.05, 4.69) is 10.0 Å². The first kappa shape index (κ1) is 23.5. The normalized spacial score (nSPS) is 11.7. The third-order valence-corrected chi connectivity index (χ3v) is 6.18. The van der Waals surface area contributed by atoms with Crippen molar-refractivity contribution in [1.82, 2.24) is 4.72 Å². The highest BCUT2D eigenvalue weighted by Crippen LogP contribution is 2.29. The molecule has 0 unspecified atom stereocenters. The first-order chi connectivity index (χ1) is 15.1. The minimum atomic E-state index is -3.69. The Morgan fingerprint density at radius 3 is 2.31 bits per heavy atom. The third-order valence-electron chi connectivity index (χ3n) is 4.43. The summed E-state index contributed by atoms with van der Waals surface area (Å²) in [4.78, 5) is 12.5. The number of carbonyl (C=O) groups excluding carboxylic acids is 1. The van der Waals surface area contributed by atoms with Gasteiger partial charge in [0, 0.05) is 16.8 Å². The van der Waals surface area contributed by atoms with Gasteiger partial charge in [-0.1, -0.05) is 54.6 Å². The molecule has 3 rings (SSSR count). The van der Waals surface area contributed by atoms with Crippen LogP contribution in [0.3, 0.4) is 0 Å². The van der Waals surface area contributed by atoms with Crippen LogP contribution in [-0.2, 0) is 14.8 Å². The second kappa shape index (κ2) is 9.97. The predicted molar refractivity (Wildman–Crippen MR) is 127 cm³/mol. The van der Waals surface area contributed by atoms with E-state index in [-0.39, 0.29) is 23.8 Å². The number of sulfonamides is 1. The summed E-state index contributed by atoms with van der Waals surface area (Å²) in [6, 6.07) is 23.8. The molecule has 3 aromatic carbocycles. The second-order valence-electron chi connectivity index (χ2n) is 8.39. The molecule has 0 fully saturated rings. The minimum Gasteiger partial charge on any atom is -0.492 e. The molecule has 0 saturated carbocycles. The minimum absolute atomic E-state index is 0.0956. The third kappa shape index (κ3) is 6.67. The van der Waals surface area contributed by atoms with Gasteiger partial charge in [0.1, 0.15) is 5.75 Å². The number of hydrogen-bond donors (Lipinski definition) is 2. The summed E-state index contributed by atoms with van der Waals surface area (Å²) in [6.07, 6.45) is 0.125. The standard InChI is InChI=1S/C25H28N2O4S/c1-25(2,3)27-32(29,30)21-13-9-12-20(18-21)26-24(28)16-17-31-23-15-8-7-14-22(23)19-10-5-4-6-11-19/h4-15,18,27H,16-17H2,1-3H3,(H,26,28). The molecule has 0 bridgehead atoms. The Morgan fingerprint density at radius 2 is 1.59 bits per heavy atom. The maximum atomic E-state index is 12.5. The lowest BCUT2D eigenvalue weighted by molar-refractivity contribution is -0.116. The molecule has 168 valence electrons. The van der Waals surface area contributed by atoms with Crippen LogP contribution in [0, 0.1) is 0 Å². The van der Waals surface area contributed by atoms with Crippen LogP contribution in [-0.4, -0.2) is 26.5 Å². The lowest BCUT2D eigenvalue weighted by Crippen LogP contribution is -2.40. The number of ether oxygens (including phenoxy) is 1.